The Hall–Kier alpha value is -4.01. The number of hydrogen-bond acceptors (Lipinski definition) is 11. The Morgan fingerprint density at radius 2 is 1.71 bits per heavy atom. The number of hydrogen-bond donors (Lipinski definition) is 2. The highest BCUT2D eigenvalue weighted by molar-refractivity contribution is 9.10. The van der Waals surface area contributed by atoms with Crippen molar-refractivity contribution < 1.29 is 9.30 Å². The normalized spacial score (nSPS) is 16.3. The molecule has 2 aliphatic heterocycles. The Kier molecular flexibility index (Phi) is 10.6. The van der Waals surface area contributed by atoms with E-state index in [9.17, 15) is 4.57 Å². The molecule has 2 aromatic heterocycles. The van der Waals surface area contributed by atoms with Crippen molar-refractivity contribution in [1.82, 2.24) is 29.7 Å². The fraction of sp³-hybridized carbons (Fsp3) is 0.389. The van der Waals surface area contributed by atoms with E-state index >= 15 is 0 Å². The van der Waals surface area contributed by atoms with Crippen LogP contribution in [-0.4, -0.2) is 103 Å². The van der Waals surface area contributed by atoms with E-state index in [0.29, 0.717) is 44.7 Å². The lowest BCUT2D eigenvalue weighted by Gasteiger charge is -2.43. The van der Waals surface area contributed by atoms with Crippen LogP contribution >= 0.6 is 23.1 Å². The number of piperidine rings is 1. The lowest BCUT2D eigenvalue weighted by atomic mass is 10.0. The van der Waals surface area contributed by atoms with Crippen molar-refractivity contribution in [2.75, 3.05) is 82.3 Å². The van der Waals surface area contributed by atoms with Crippen LogP contribution in [-0.2, 0) is 4.57 Å². The van der Waals surface area contributed by atoms with Gasteiger partial charge in [0, 0.05) is 74.1 Å². The predicted octanol–water partition coefficient (Wildman–Crippen LogP) is 5.95. The zero-order chi connectivity index (χ0) is 34.7. The number of aryl methyl sites for hydroxylation is 1. The Balaban J connectivity index is 1.19. The molecule has 0 unspecified atom stereocenters. The van der Waals surface area contributed by atoms with Crippen molar-refractivity contribution in [1.29, 1.82) is 0 Å². The van der Waals surface area contributed by atoms with E-state index in [2.05, 4.69) is 88.2 Å². The summed E-state index contributed by atoms with van der Waals surface area (Å²) in [4.78, 5) is 25.5. The number of aromatic nitrogens is 4. The van der Waals surface area contributed by atoms with Gasteiger partial charge in [-0.2, -0.15) is 4.98 Å². The highest BCUT2D eigenvalue weighted by Gasteiger charge is 2.28. The number of piperazine rings is 1. The maximum Gasteiger partial charge on any atom is 0.229 e. The molecule has 4 aromatic rings. The first kappa shape index (κ1) is 34.8. The minimum Gasteiger partial charge on any atom is -0.494 e. The van der Waals surface area contributed by atoms with E-state index in [1.807, 2.05) is 18.2 Å². The average Bonchev–Trinajstić information content (AvgIpc) is 3.10. The third-order valence-corrected chi connectivity index (χ3v) is 11.4. The van der Waals surface area contributed by atoms with Gasteiger partial charge in [-0.05, 0) is 85.8 Å². The first-order valence-corrected chi connectivity index (χ1v) is 19.8. The molecule has 0 spiro atoms. The van der Waals surface area contributed by atoms with Crippen molar-refractivity contribution in [2.24, 2.45) is 0 Å². The smallest absolute Gasteiger partial charge is 0.229 e. The molecule has 11 nitrogen and oxygen atoms in total. The van der Waals surface area contributed by atoms with E-state index in [1.165, 1.54) is 5.69 Å². The van der Waals surface area contributed by atoms with Gasteiger partial charge in [0.15, 0.2) is 0 Å². The zero-order valence-electron chi connectivity index (χ0n) is 28.7. The molecule has 2 N–H and O–H groups in total. The SMILES string of the molecule is C#Cc1cnc(-c2ccc(Nc3nc(Nc4cc(C)c(N5CCC(N6CCN(C)CC6)CC5)cc4OC)ncc3Br)c(P(C)(C)=O)c2)cn1. The Morgan fingerprint density at radius 1 is 0.959 bits per heavy atom. The first-order valence-electron chi connectivity index (χ1n) is 16.4. The second-order valence-electron chi connectivity index (χ2n) is 13.1. The molecule has 49 heavy (non-hydrogen) atoms. The number of nitrogens with zero attached hydrogens (tertiary/aromatic N) is 7. The first-order chi connectivity index (χ1) is 23.5. The number of likely N-dealkylation sites (N-methyl/N-ethyl adjacent to an activating group) is 1. The third kappa shape index (κ3) is 8.08. The molecule has 13 heteroatoms. The van der Waals surface area contributed by atoms with Gasteiger partial charge < -0.3 is 29.7 Å². The molecular formula is C36H43BrN9O2P. The predicted molar refractivity (Wildman–Crippen MR) is 203 cm³/mol. The molecule has 256 valence electrons. The lowest BCUT2D eigenvalue weighted by molar-refractivity contribution is 0.0982. The van der Waals surface area contributed by atoms with Gasteiger partial charge in [-0.3, -0.25) is 9.88 Å². The molecule has 0 saturated carbocycles. The zero-order valence-corrected chi connectivity index (χ0v) is 31.2. The number of rotatable bonds is 9. The number of terminal acetylenes is 1. The number of benzene rings is 2. The molecule has 0 aliphatic carbocycles. The summed E-state index contributed by atoms with van der Waals surface area (Å²) in [6, 6.07) is 10.5. The number of nitrogens with one attached hydrogen (secondary N) is 2. The summed E-state index contributed by atoms with van der Waals surface area (Å²) in [6.45, 7) is 12.3. The van der Waals surface area contributed by atoms with Crippen LogP contribution in [0.4, 0.5) is 28.8 Å². The molecule has 2 aromatic carbocycles. The maximum atomic E-state index is 13.5. The minimum atomic E-state index is -2.73. The molecule has 2 fully saturated rings. The molecule has 6 rings (SSSR count). The monoisotopic (exact) mass is 743 g/mol. The van der Waals surface area contributed by atoms with Crippen LogP contribution in [0.15, 0.2) is 53.4 Å². The number of methoxy groups -OCH3 is 1. The Labute approximate surface area is 297 Å². The van der Waals surface area contributed by atoms with Crippen LogP contribution in [0, 0.1) is 19.3 Å². The van der Waals surface area contributed by atoms with Gasteiger partial charge >= 0.3 is 0 Å². The second-order valence-corrected chi connectivity index (χ2v) is 17.1. The molecule has 0 amide bonds. The highest BCUT2D eigenvalue weighted by Crippen LogP contribution is 2.41. The quantitative estimate of drug-likeness (QED) is 0.157. The van der Waals surface area contributed by atoms with Crippen molar-refractivity contribution in [2.45, 2.75) is 25.8 Å². The fourth-order valence-corrected chi connectivity index (χ4v) is 7.95. The second kappa shape index (κ2) is 14.9. The van der Waals surface area contributed by atoms with E-state index in [1.54, 1.807) is 39.0 Å². The van der Waals surface area contributed by atoms with Gasteiger partial charge in [-0.25, -0.2) is 9.97 Å². The summed E-state index contributed by atoms with van der Waals surface area (Å²) in [6.07, 6.45) is 12.6. The Bertz CT molecular complexity index is 1890. The van der Waals surface area contributed by atoms with Crippen molar-refractivity contribution in [3.8, 4) is 29.4 Å². The van der Waals surface area contributed by atoms with Crippen molar-refractivity contribution in [3.05, 3.63) is 64.7 Å². The van der Waals surface area contributed by atoms with Crippen molar-refractivity contribution >= 4 is 57.2 Å². The van der Waals surface area contributed by atoms with Gasteiger partial charge in [0.25, 0.3) is 0 Å². The summed E-state index contributed by atoms with van der Waals surface area (Å²) in [5, 5.41) is 7.40. The maximum absolute atomic E-state index is 13.5. The van der Waals surface area contributed by atoms with Crippen LogP contribution in [0.3, 0.4) is 0 Å². The number of ether oxygens (including phenoxy) is 1. The topological polar surface area (TPSA) is 112 Å². The van der Waals surface area contributed by atoms with Gasteiger partial charge in [-0.1, -0.05) is 6.07 Å². The highest BCUT2D eigenvalue weighted by atomic mass is 79.9. The standard InChI is InChI=1S/C36H43BrN9O2P/c1-7-26-21-39-31(23-38-26)25-8-9-29(34(19-25)49(5,6)47)41-35-28(37)22-40-36(43-35)42-30-18-24(2)32(20-33(30)48-4)46-12-10-27(11-13-46)45-16-14-44(3)15-17-45/h1,8-9,18-23,27H,10-17H2,2-6H3,(H2,40,41,42,43). The summed E-state index contributed by atoms with van der Waals surface area (Å²) >= 11 is 3.58. The minimum absolute atomic E-state index is 0.391. The molecule has 4 heterocycles. The summed E-state index contributed by atoms with van der Waals surface area (Å²) < 4.78 is 20.0. The molecule has 0 bridgehead atoms. The van der Waals surface area contributed by atoms with Crippen LogP contribution in [0.25, 0.3) is 11.3 Å². The lowest BCUT2D eigenvalue weighted by Crippen LogP contribution is -2.52. The van der Waals surface area contributed by atoms with Crippen LogP contribution in [0.5, 0.6) is 5.75 Å². The molecule has 2 saturated heterocycles. The number of halogens is 1. The van der Waals surface area contributed by atoms with Crippen LogP contribution < -0.4 is 25.6 Å². The largest absolute Gasteiger partial charge is 0.494 e. The van der Waals surface area contributed by atoms with Gasteiger partial charge in [-0.15, -0.1) is 6.42 Å². The average molecular weight is 745 g/mol. The van der Waals surface area contributed by atoms with E-state index < -0.39 is 7.14 Å². The summed E-state index contributed by atoms with van der Waals surface area (Å²) in [7, 11) is 1.17. The number of anilines is 5. The molecule has 0 atom stereocenters. The summed E-state index contributed by atoms with van der Waals surface area (Å²) in [5.74, 6) is 4.11. The van der Waals surface area contributed by atoms with E-state index in [0.717, 1.165) is 74.7 Å². The Morgan fingerprint density at radius 3 is 2.37 bits per heavy atom. The van der Waals surface area contributed by atoms with Gasteiger partial charge in [0.1, 0.15) is 24.4 Å². The molecule has 2 aliphatic rings. The molecule has 0 radical (unpaired) electrons. The third-order valence-electron chi connectivity index (χ3n) is 9.29. The van der Waals surface area contributed by atoms with E-state index in [4.69, 9.17) is 16.1 Å². The van der Waals surface area contributed by atoms with Crippen molar-refractivity contribution in [3.63, 3.8) is 0 Å². The van der Waals surface area contributed by atoms with Crippen LogP contribution in [0.1, 0.15) is 24.1 Å². The summed E-state index contributed by atoms with van der Waals surface area (Å²) in [5.41, 5.74) is 5.67. The van der Waals surface area contributed by atoms with E-state index in [-0.39, 0.29) is 0 Å². The fourth-order valence-electron chi connectivity index (χ4n) is 6.50. The van der Waals surface area contributed by atoms with Gasteiger partial charge in [0.05, 0.1) is 41.0 Å². The molecular weight excluding hydrogens is 701 g/mol. The van der Waals surface area contributed by atoms with Gasteiger partial charge in [0.2, 0.25) is 5.95 Å². The van der Waals surface area contributed by atoms with Crippen LogP contribution in [0.2, 0.25) is 0 Å².